The highest BCUT2D eigenvalue weighted by atomic mass is 16.3. The number of aryl methyl sites for hydroxylation is 1. The highest BCUT2D eigenvalue weighted by Gasteiger charge is 2.11. The van der Waals surface area contributed by atoms with Crippen molar-refractivity contribution >= 4 is 0 Å². The molecule has 0 radical (unpaired) electrons. The lowest BCUT2D eigenvalue weighted by atomic mass is 9.97. The average molecular weight is 230 g/mol. The number of hydrogen-bond acceptors (Lipinski definition) is 2. The first kappa shape index (κ1) is 13.3. The molecule has 1 unspecified atom stereocenters. The smallest absolute Gasteiger partial charge is 0.141 e. The number of aromatic hydroxyl groups is 1. The molecule has 0 aliphatic heterocycles. The van der Waals surface area contributed by atoms with Crippen molar-refractivity contribution in [3.05, 3.63) is 41.0 Å². The molecule has 2 N–H and O–H groups in total. The minimum atomic E-state index is -1.19. The molecule has 0 amide bonds. The van der Waals surface area contributed by atoms with Crippen LogP contribution in [0.1, 0.15) is 29.2 Å². The fourth-order valence-electron chi connectivity index (χ4n) is 1.49. The summed E-state index contributed by atoms with van der Waals surface area (Å²) in [7, 11) is 0. The molecule has 90 valence electrons. The van der Waals surface area contributed by atoms with Crippen LogP contribution in [0.3, 0.4) is 0 Å². The van der Waals surface area contributed by atoms with E-state index < -0.39 is 5.60 Å². The van der Waals surface area contributed by atoms with Gasteiger partial charge >= 0.3 is 0 Å². The van der Waals surface area contributed by atoms with Gasteiger partial charge in [-0.3, -0.25) is 0 Å². The summed E-state index contributed by atoms with van der Waals surface area (Å²) in [5.74, 6) is 6.00. The molecule has 0 heterocycles. The Labute approximate surface area is 103 Å². The van der Waals surface area contributed by atoms with Gasteiger partial charge in [0.1, 0.15) is 11.4 Å². The van der Waals surface area contributed by atoms with Crippen LogP contribution < -0.4 is 0 Å². The van der Waals surface area contributed by atoms with Crippen LogP contribution in [0, 0.1) is 32.6 Å². The molecule has 1 atom stereocenters. The lowest BCUT2D eigenvalue weighted by Gasteiger charge is -2.11. The van der Waals surface area contributed by atoms with E-state index in [2.05, 4.69) is 18.4 Å². The normalized spacial score (nSPS) is 13.5. The minimum Gasteiger partial charge on any atom is -0.508 e. The van der Waals surface area contributed by atoms with Gasteiger partial charge in [0.2, 0.25) is 0 Å². The molecule has 2 heteroatoms. The van der Waals surface area contributed by atoms with Crippen molar-refractivity contribution in [1.82, 2.24) is 0 Å². The van der Waals surface area contributed by atoms with E-state index in [-0.39, 0.29) is 5.75 Å². The number of phenolic OH excluding ortho intramolecular Hbond substituents is 1. The molecule has 1 aromatic rings. The fourth-order valence-corrected chi connectivity index (χ4v) is 1.49. The van der Waals surface area contributed by atoms with Crippen molar-refractivity contribution in [1.29, 1.82) is 0 Å². The fraction of sp³-hybridized carbons (Fsp3) is 0.333. The van der Waals surface area contributed by atoms with Crippen molar-refractivity contribution in [3.63, 3.8) is 0 Å². The number of hydrogen-bond donors (Lipinski definition) is 2. The van der Waals surface area contributed by atoms with Crippen LogP contribution in [-0.4, -0.2) is 15.8 Å². The second-order valence-electron chi connectivity index (χ2n) is 4.44. The number of aliphatic hydroxyl groups is 1. The van der Waals surface area contributed by atoms with Crippen LogP contribution in [0.25, 0.3) is 0 Å². The lowest BCUT2D eigenvalue weighted by Crippen LogP contribution is -2.16. The van der Waals surface area contributed by atoms with Crippen LogP contribution in [0.5, 0.6) is 5.75 Å². The third kappa shape index (κ3) is 2.89. The summed E-state index contributed by atoms with van der Waals surface area (Å²) in [5, 5.41) is 19.4. The maximum Gasteiger partial charge on any atom is 0.141 e. The predicted octanol–water partition coefficient (Wildman–Crippen LogP) is 2.61. The quantitative estimate of drug-likeness (QED) is 0.575. The Bertz CT molecular complexity index is 514. The summed E-state index contributed by atoms with van der Waals surface area (Å²) in [6.07, 6.45) is 1.40. The van der Waals surface area contributed by atoms with Crippen molar-refractivity contribution in [2.75, 3.05) is 0 Å². The molecule has 0 fully saturated rings. The van der Waals surface area contributed by atoms with Crippen molar-refractivity contribution in [2.24, 2.45) is 0 Å². The van der Waals surface area contributed by atoms with Gasteiger partial charge in [0.25, 0.3) is 0 Å². The molecule has 0 saturated carbocycles. The van der Waals surface area contributed by atoms with E-state index in [1.165, 1.54) is 6.08 Å². The highest BCUT2D eigenvalue weighted by Crippen LogP contribution is 2.25. The summed E-state index contributed by atoms with van der Waals surface area (Å²) < 4.78 is 0. The Morgan fingerprint density at radius 3 is 2.41 bits per heavy atom. The van der Waals surface area contributed by atoms with Crippen LogP contribution in [0.2, 0.25) is 0 Å². The lowest BCUT2D eigenvalue weighted by molar-refractivity contribution is 0.175. The van der Waals surface area contributed by atoms with Crippen LogP contribution in [-0.2, 0) is 0 Å². The average Bonchev–Trinajstić information content (AvgIpc) is 2.26. The second-order valence-corrected chi connectivity index (χ2v) is 4.44. The zero-order chi connectivity index (χ0) is 13.2. The molecule has 0 aromatic heterocycles. The third-order valence-electron chi connectivity index (χ3n) is 2.91. The van der Waals surface area contributed by atoms with Gasteiger partial charge in [0, 0.05) is 5.56 Å². The monoisotopic (exact) mass is 230 g/mol. The number of benzene rings is 1. The molecule has 2 nitrogen and oxygen atoms in total. The standard InChI is InChI=1S/C15H18O2/c1-6-15(5,17)8-7-13-10(2)9-14(16)12(4)11(13)3/h6,9,16-17H,1H2,2-5H3. The van der Waals surface area contributed by atoms with E-state index in [1.807, 2.05) is 20.8 Å². The maximum absolute atomic E-state index is 9.75. The second kappa shape index (κ2) is 4.65. The summed E-state index contributed by atoms with van der Waals surface area (Å²) in [6, 6.07) is 1.69. The largest absolute Gasteiger partial charge is 0.508 e. The molecular weight excluding hydrogens is 212 g/mol. The van der Waals surface area contributed by atoms with Crippen molar-refractivity contribution in [3.8, 4) is 17.6 Å². The Morgan fingerprint density at radius 1 is 1.29 bits per heavy atom. The molecule has 0 saturated heterocycles. The predicted molar refractivity (Wildman–Crippen MR) is 70.0 cm³/mol. The van der Waals surface area contributed by atoms with Gasteiger partial charge < -0.3 is 10.2 Å². The first-order valence-electron chi connectivity index (χ1n) is 5.47. The Kier molecular flexibility index (Phi) is 3.65. The molecule has 1 rings (SSSR count). The van der Waals surface area contributed by atoms with Gasteiger partial charge in [-0.25, -0.2) is 0 Å². The van der Waals surface area contributed by atoms with E-state index in [0.717, 1.165) is 22.3 Å². The van der Waals surface area contributed by atoms with E-state index in [9.17, 15) is 10.2 Å². The van der Waals surface area contributed by atoms with Gasteiger partial charge in [0.15, 0.2) is 0 Å². The molecule has 17 heavy (non-hydrogen) atoms. The van der Waals surface area contributed by atoms with Gasteiger partial charge in [-0.1, -0.05) is 18.4 Å². The molecule has 0 aliphatic rings. The van der Waals surface area contributed by atoms with E-state index in [4.69, 9.17) is 0 Å². The minimum absolute atomic E-state index is 0.279. The topological polar surface area (TPSA) is 40.5 Å². The van der Waals surface area contributed by atoms with Gasteiger partial charge in [-0.15, -0.1) is 0 Å². The zero-order valence-corrected chi connectivity index (χ0v) is 10.8. The summed E-state index contributed by atoms with van der Waals surface area (Å²) in [4.78, 5) is 0. The first-order valence-corrected chi connectivity index (χ1v) is 5.47. The molecule has 0 spiro atoms. The van der Waals surface area contributed by atoms with Crippen LogP contribution in [0.15, 0.2) is 18.7 Å². The van der Waals surface area contributed by atoms with E-state index in [1.54, 1.807) is 13.0 Å². The molecule has 0 bridgehead atoms. The van der Waals surface area contributed by atoms with Crippen LogP contribution >= 0.6 is 0 Å². The molecule has 0 aliphatic carbocycles. The summed E-state index contributed by atoms with van der Waals surface area (Å²) >= 11 is 0. The summed E-state index contributed by atoms with van der Waals surface area (Å²) in [5.41, 5.74) is 2.32. The van der Waals surface area contributed by atoms with Gasteiger partial charge in [-0.05, 0) is 56.5 Å². The zero-order valence-electron chi connectivity index (χ0n) is 10.8. The summed E-state index contributed by atoms with van der Waals surface area (Å²) in [6.45, 7) is 10.8. The number of rotatable bonds is 1. The first-order chi connectivity index (χ1) is 7.78. The van der Waals surface area contributed by atoms with Crippen molar-refractivity contribution < 1.29 is 10.2 Å². The van der Waals surface area contributed by atoms with Crippen molar-refractivity contribution in [2.45, 2.75) is 33.3 Å². The van der Waals surface area contributed by atoms with E-state index in [0.29, 0.717) is 0 Å². The highest BCUT2D eigenvalue weighted by molar-refractivity contribution is 5.55. The van der Waals surface area contributed by atoms with Crippen LogP contribution in [0.4, 0.5) is 0 Å². The maximum atomic E-state index is 9.75. The Hall–Kier alpha value is -1.72. The Balaban J connectivity index is 3.34. The third-order valence-corrected chi connectivity index (χ3v) is 2.91. The molecular formula is C15H18O2. The number of phenols is 1. The molecule has 1 aromatic carbocycles. The Morgan fingerprint density at radius 2 is 1.88 bits per heavy atom. The van der Waals surface area contributed by atoms with E-state index >= 15 is 0 Å². The van der Waals surface area contributed by atoms with Gasteiger partial charge in [0.05, 0.1) is 0 Å². The SMILES string of the molecule is C=CC(C)(O)C#Cc1c(C)cc(O)c(C)c1C. The van der Waals surface area contributed by atoms with Gasteiger partial charge in [-0.2, -0.15) is 0 Å².